The summed E-state index contributed by atoms with van der Waals surface area (Å²) in [5.41, 5.74) is 1.76. The quantitative estimate of drug-likeness (QED) is 0.691. The van der Waals surface area contributed by atoms with Crippen LogP contribution in [0.1, 0.15) is 26.8 Å². The highest BCUT2D eigenvalue weighted by Crippen LogP contribution is 2.32. The van der Waals surface area contributed by atoms with Crippen LogP contribution < -0.4 is 4.90 Å². The Morgan fingerprint density at radius 2 is 2.20 bits per heavy atom. The standard InChI is InChI=1S/C10H14N4O/c1-6-9(8(3)15)7(2)14-10(13(6)4)11-5-12-14/h5,7H,1-4H3. The monoisotopic (exact) mass is 206 g/mol. The van der Waals surface area contributed by atoms with Crippen molar-refractivity contribution in [3.63, 3.8) is 0 Å². The third kappa shape index (κ3) is 1.26. The van der Waals surface area contributed by atoms with Gasteiger partial charge in [0.1, 0.15) is 6.33 Å². The van der Waals surface area contributed by atoms with E-state index in [1.807, 2.05) is 25.8 Å². The van der Waals surface area contributed by atoms with Crippen molar-refractivity contribution in [2.24, 2.45) is 0 Å². The van der Waals surface area contributed by atoms with Crippen LogP contribution in [0.2, 0.25) is 0 Å². The molecule has 5 nitrogen and oxygen atoms in total. The van der Waals surface area contributed by atoms with Crippen LogP contribution in [0.25, 0.3) is 0 Å². The number of Topliss-reactive ketones (excluding diaryl/α,β-unsaturated/α-hetero) is 1. The molecule has 1 aromatic rings. The van der Waals surface area contributed by atoms with E-state index in [4.69, 9.17) is 0 Å². The topological polar surface area (TPSA) is 51.0 Å². The predicted octanol–water partition coefficient (Wildman–Crippen LogP) is 1.15. The van der Waals surface area contributed by atoms with Gasteiger partial charge in [0.05, 0.1) is 6.04 Å². The van der Waals surface area contributed by atoms with Gasteiger partial charge in [-0.1, -0.05) is 0 Å². The summed E-state index contributed by atoms with van der Waals surface area (Å²) in [6.07, 6.45) is 1.51. The zero-order valence-electron chi connectivity index (χ0n) is 9.35. The zero-order chi connectivity index (χ0) is 11.2. The first-order valence-corrected chi connectivity index (χ1v) is 4.89. The van der Waals surface area contributed by atoms with Gasteiger partial charge in [0.2, 0.25) is 5.95 Å². The molecule has 0 bridgehead atoms. The minimum Gasteiger partial charge on any atom is -0.317 e. The third-order valence-electron chi connectivity index (χ3n) is 2.91. The molecule has 1 aliphatic heterocycles. The number of nitrogens with zero attached hydrogens (tertiary/aromatic N) is 4. The molecule has 0 saturated heterocycles. The van der Waals surface area contributed by atoms with Crippen molar-refractivity contribution < 1.29 is 4.79 Å². The second kappa shape index (κ2) is 3.18. The van der Waals surface area contributed by atoms with Crippen molar-refractivity contribution in [2.45, 2.75) is 26.8 Å². The minimum atomic E-state index is -0.0313. The molecule has 1 aromatic heterocycles. The summed E-state index contributed by atoms with van der Waals surface area (Å²) >= 11 is 0. The molecule has 0 amide bonds. The Hall–Kier alpha value is -1.65. The highest BCUT2D eigenvalue weighted by atomic mass is 16.1. The third-order valence-corrected chi connectivity index (χ3v) is 2.91. The molecule has 0 aliphatic carbocycles. The zero-order valence-corrected chi connectivity index (χ0v) is 9.35. The highest BCUT2D eigenvalue weighted by molar-refractivity contribution is 5.95. The number of aromatic nitrogens is 3. The van der Waals surface area contributed by atoms with Crippen LogP contribution in [0.3, 0.4) is 0 Å². The molecular formula is C10H14N4O. The van der Waals surface area contributed by atoms with Crippen LogP contribution in [0.5, 0.6) is 0 Å². The number of carbonyl (C=O) groups excluding carboxylic acids is 1. The summed E-state index contributed by atoms with van der Waals surface area (Å²) in [5.74, 6) is 0.873. The average molecular weight is 206 g/mol. The van der Waals surface area contributed by atoms with Crippen LogP contribution in [-0.2, 0) is 4.79 Å². The van der Waals surface area contributed by atoms with E-state index >= 15 is 0 Å². The fourth-order valence-corrected chi connectivity index (χ4v) is 2.06. The number of allylic oxidation sites excluding steroid dienone is 2. The number of fused-ring (bicyclic) bond motifs is 1. The Morgan fingerprint density at radius 1 is 1.53 bits per heavy atom. The molecule has 2 rings (SSSR count). The van der Waals surface area contributed by atoms with Crippen molar-refractivity contribution in [3.05, 3.63) is 17.6 Å². The molecule has 80 valence electrons. The second-order valence-corrected chi connectivity index (χ2v) is 3.79. The van der Waals surface area contributed by atoms with Gasteiger partial charge in [0.25, 0.3) is 0 Å². The predicted molar refractivity (Wildman–Crippen MR) is 56.5 cm³/mol. The molecule has 0 fully saturated rings. The fraction of sp³-hybridized carbons (Fsp3) is 0.500. The van der Waals surface area contributed by atoms with Gasteiger partial charge >= 0.3 is 0 Å². The van der Waals surface area contributed by atoms with Gasteiger partial charge in [0.15, 0.2) is 5.78 Å². The van der Waals surface area contributed by atoms with Crippen LogP contribution in [0.15, 0.2) is 17.6 Å². The van der Waals surface area contributed by atoms with E-state index in [-0.39, 0.29) is 11.8 Å². The minimum absolute atomic E-state index is 0.0313. The van der Waals surface area contributed by atoms with Gasteiger partial charge in [-0.25, -0.2) is 4.68 Å². The summed E-state index contributed by atoms with van der Waals surface area (Å²) in [7, 11) is 1.89. The first kappa shape index (κ1) is 9.89. The van der Waals surface area contributed by atoms with Crippen molar-refractivity contribution in [3.8, 4) is 0 Å². The van der Waals surface area contributed by atoms with Crippen molar-refractivity contribution in [1.82, 2.24) is 14.8 Å². The Balaban J connectivity index is 2.59. The lowest BCUT2D eigenvalue weighted by Gasteiger charge is -2.31. The lowest BCUT2D eigenvalue weighted by Crippen LogP contribution is -2.31. The number of rotatable bonds is 1. The first-order valence-electron chi connectivity index (χ1n) is 4.89. The first-order chi connectivity index (χ1) is 7.04. The maximum absolute atomic E-state index is 11.6. The lowest BCUT2D eigenvalue weighted by molar-refractivity contribution is -0.114. The maximum atomic E-state index is 11.6. The molecule has 0 aromatic carbocycles. The number of ketones is 1. The normalized spacial score (nSPS) is 20.5. The molecule has 0 N–H and O–H groups in total. The lowest BCUT2D eigenvalue weighted by atomic mass is 10.0. The SMILES string of the molecule is CC(=O)C1=C(C)N(C)c2ncnn2C1C. The van der Waals surface area contributed by atoms with Crippen molar-refractivity contribution in [1.29, 1.82) is 0 Å². The molecule has 1 aliphatic rings. The summed E-state index contributed by atoms with van der Waals surface area (Å²) < 4.78 is 1.77. The second-order valence-electron chi connectivity index (χ2n) is 3.79. The van der Waals surface area contributed by atoms with E-state index < -0.39 is 0 Å². The van der Waals surface area contributed by atoms with Crippen LogP contribution in [0, 0.1) is 0 Å². The molecule has 0 saturated carbocycles. The summed E-state index contributed by atoms with van der Waals surface area (Å²) in [6, 6.07) is -0.0313. The van der Waals surface area contributed by atoms with Gasteiger partial charge in [-0.2, -0.15) is 10.1 Å². The molecule has 15 heavy (non-hydrogen) atoms. The van der Waals surface area contributed by atoms with E-state index in [2.05, 4.69) is 10.1 Å². The number of carbonyl (C=O) groups is 1. The molecule has 0 spiro atoms. The summed E-state index contributed by atoms with van der Waals surface area (Å²) in [5, 5.41) is 4.13. The van der Waals surface area contributed by atoms with Crippen molar-refractivity contribution in [2.75, 3.05) is 11.9 Å². The number of hydrogen-bond donors (Lipinski definition) is 0. The molecule has 5 heteroatoms. The fourth-order valence-electron chi connectivity index (χ4n) is 2.06. The van der Waals surface area contributed by atoms with E-state index in [0.717, 1.165) is 17.2 Å². The molecule has 2 heterocycles. The van der Waals surface area contributed by atoms with E-state index in [9.17, 15) is 4.79 Å². The largest absolute Gasteiger partial charge is 0.317 e. The molecule has 1 atom stereocenters. The van der Waals surface area contributed by atoms with Gasteiger partial charge in [-0.3, -0.25) is 4.79 Å². The molecular weight excluding hydrogens is 192 g/mol. The summed E-state index contributed by atoms with van der Waals surface area (Å²) in [4.78, 5) is 17.6. The molecule has 1 unspecified atom stereocenters. The highest BCUT2D eigenvalue weighted by Gasteiger charge is 2.29. The van der Waals surface area contributed by atoms with E-state index in [1.54, 1.807) is 11.6 Å². The Bertz CT molecular complexity index is 446. The van der Waals surface area contributed by atoms with Crippen LogP contribution in [-0.4, -0.2) is 27.6 Å². The van der Waals surface area contributed by atoms with Crippen molar-refractivity contribution >= 4 is 11.7 Å². The number of hydrogen-bond acceptors (Lipinski definition) is 4. The van der Waals surface area contributed by atoms with E-state index in [0.29, 0.717) is 0 Å². The van der Waals surface area contributed by atoms with Gasteiger partial charge in [0, 0.05) is 18.3 Å². The van der Waals surface area contributed by atoms with Crippen LogP contribution >= 0.6 is 0 Å². The van der Waals surface area contributed by atoms with Gasteiger partial charge in [-0.15, -0.1) is 0 Å². The maximum Gasteiger partial charge on any atom is 0.228 e. The van der Waals surface area contributed by atoms with Crippen LogP contribution in [0.4, 0.5) is 5.95 Å². The Kier molecular flexibility index (Phi) is 2.10. The van der Waals surface area contributed by atoms with Gasteiger partial charge < -0.3 is 4.90 Å². The number of anilines is 1. The summed E-state index contributed by atoms with van der Waals surface area (Å²) in [6.45, 7) is 5.49. The molecule has 0 radical (unpaired) electrons. The smallest absolute Gasteiger partial charge is 0.228 e. The Morgan fingerprint density at radius 3 is 2.80 bits per heavy atom. The van der Waals surface area contributed by atoms with Gasteiger partial charge in [-0.05, 0) is 20.8 Å². The average Bonchev–Trinajstić information content (AvgIpc) is 2.62. The Labute approximate surface area is 88.4 Å². The van der Waals surface area contributed by atoms with E-state index in [1.165, 1.54) is 6.33 Å².